The summed E-state index contributed by atoms with van der Waals surface area (Å²) in [6, 6.07) is 5.16. The number of hydrazine groups is 1. The van der Waals surface area contributed by atoms with E-state index in [0.29, 0.717) is 24.0 Å². The molecule has 0 saturated carbocycles. The number of nitrogens with two attached hydrogens (primary N) is 1. The molecule has 0 aliphatic carbocycles. The van der Waals surface area contributed by atoms with Crippen LogP contribution < -0.4 is 11.3 Å². The molecule has 1 amide bonds. The molecule has 19 heavy (non-hydrogen) atoms. The highest BCUT2D eigenvalue weighted by Crippen LogP contribution is 2.15. The van der Waals surface area contributed by atoms with Crippen molar-refractivity contribution in [3.63, 3.8) is 0 Å². The van der Waals surface area contributed by atoms with E-state index in [2.05, 4.69) is 10.4 Å². The van der Waals surface area contributed by atoms with Crippen molar-refractivity contribution < 1.29 is 9.53 Å². The van der Waals surface area contributed by atoms with Crippen molar-refractivity contribution in [3.05, 3.63) is 23.9 Å². The Labute approximate surface area is 112 Å². The highest BCUT2D eigenvalue weighted by atomic mass is 16.5. The molecule has 104 valence electrons. The molecule has 1 aromatic heterocycles. The van der Waals surface area contributed by atoms with Gasteiger partial charge in [0.05, 0.1) is 6.61 Å². The Morgan fingerprint density at radius 1 is 1.63 bits per heavy atom. The summed E-state index contributed by atoms with van der Waals surface area (Å²) in [7, 11) is 1.79. The summed E-state index contributed by atoms with van der Waals surface area (Å²) >= 11 is 0. The number of anilines is 1. The molecule has 1 atom stereocenters. The maximum Gasteiger partial charge on any atom is 0.272 e. The summed E-state index contributed by atoms with van der Waals surface area (Å²) in [4.78, 5) is 18.1. The second kappa shape index (κ2) is 6.49. The number of ether oxygens (including phenoxy) is 1. The molecular weight excluding hydrogens is 244 g/mol. The van der Waals surface area contributed by atoms with Crippen LogP contribution in [0, 0.1) is 5.92 Å². The summed E-state index contributed by atoms with van der Waals surface area (Å²) in [5, 5.41) is 0. The fraction of sp³-hybridized carbons (Fsp3) is 0.538. The van der Waals surface area contributed by atoms with E-state index in [0.717, 1.165) is 26.1 Å². The molecule has 1 unspecified atom stereocenters. The van der Waals surface area contributed by atoms with Crippen LogP contribution in [0.25, 0.3) is 0 Å². The second-order valence-electron chi connectivity index (χ2n) is 4.82. The lowest BCUT2D eigenvalue weighted by molar-refractivity contribution is 0.0387. The molecule has 1 saturated heterocycles. The van der Waals surface area contributed by atoms with Gasteiger partial charge in [-0.25, -0.2) is 10.8 Å². The summed E-state index contributed by atoms with van der Waals surface area (Å²) < 4.78 is 5.42. The van der Waals surface area contributed by atoms with Crippen molar-refractivity contribution in [1.82, 2.24) is 9.88 Å². The first-order valence-electron chi connectivity index (χ1n) is 6.47. The van der Waals surface area contributed by atoms with Crippen LogP contribution >= 0.6 is 0 Å². The first-order valence-corrected chi connectivity index (χ1v) is 6.47. The average molecular weight is 264 g/mol. The number of nitrogens with zero attached hydrogens (tertiary/aromatic N) is 2. The van der Waals surface area contributed by atoms with E-state index in [1.165, 1.54) is 0 Å². The Bertz CT molecular complexity index is 432. The summed E-state index contributed by atoms with van der Waals surface area (Å²) in [5.41, 5.74) is 2.84. The summed E-state index contributed by atoms with van der Waals surface area (Å²) in [6.45, 7) is 2.26. The molecular formula is C13H20N4O2. The van der Waals surface area contributed by atoms with Crippen LogP contribution in [0.3, 0.4) is 0 Å². The van der Waals surface area contributed by atoms with Crippen LogP contribution in [0.15, 0.2) is 18.2 Å². The topological polar surface area (TPSA) is 80.5 Å². The molecule has 0 radical (unpaired) electrons. The molecule has 1 aliphatic rings. The maximum absolute atomic E-state index is 12.2. The van der Waals surface area contributed by atoms with Gasteiger partial charge in [-0.1, -0.05) is 6.07 Å². The Hall–Kier alpha value is -1.66. The smallest absolute Gasteiger partial charge is 0.272 e. The van der Waals surface area contributed by atoms with Crippen LogP contribution in [0.4, 0.5) is 5.82 Å². The zero-order valence-corrected chi connectivity index (χ0v) is 11.1. The van der Waals surface area contributed by atoms with Gasteiger partial charge in [0, 0.05) is 20.2 Å². The number of nitrogen functional groups attached to an aromatic ring is 1. The normalized spacial score (nSPS) is 18.9. The number of amides is 1. The molecule has 0 aromatic carbocycles. The van der Waals surface area contributed by atoms with Crippen LogP contribution in [-0.4, -0.2) is 42.6 Å². The zero-order valence-electron chi connectivity index (χ0n) is 11.1. The Balaban J connectivity index is 1.97. The van der Waals surface area contributed by atoms with Crippen molar-refractivity contribution in [1.29, 1.82) is 0 Å². The Morgan fingerprint density at radius 2 is 2.47 bits per heavy atom. The van der Waals surface area contributed by atoms with Crippen molar-refractivity contribution >= 4 is 11.7 Å². The maximum atomic E-state index is 12.2. The van der Waals surface area contributed by atoms with Crippen LogP contribution in [0.2, 0.25) is 0 Å². The van der Waals surface area contributed by atoms with Crippen LogP contribution in [-0.2, 0) is 4.74 Å². The minimum absolute atomic E-state index is 0.0947. The van der Waals surface area contributed by atoms with E-state index in [4.69, 9.17) is 10.6 Å². The number of aromatic nitrogens is 1. The van der Waals surface area contributed by atoms with Gasteiger partial charge < -0.3 is 15.1 Å². The lowest BCUT2D eigenvalue weighted by Crippen LogP contribution is -2.35. The predicted molar refractivity (Wildman–Crippen MR) is 72.6 cm³/mol. The molecule has 1 aromatic rings. The third-order valence-electron chi connectivity index (χ3n) is 3.25. The van der Waals surface area contributed by atoms with Crippen LogP contribution in [0.5, 0.6) is 0 Å². The quantitative estimate of drug-likeness (QED) is 0.623. The van der Waals surface area contributed by atoms with E-state index in [1.807, 2.05) is 0 Å². The van der Waals surface area contributed by atoms with Crippen molar-refractivity contribution in [2.75, 3.05) is 32.2 Å². The monoisotopic (exact) mass is 264 g/mol. The average Bonchev–Trinajstić information content (AvgIpc) is 2.47. The fourth-order valence-electron chi connectivity index (χ4n) is 2.25. The van der Waals surface area contributed by atoms with Crippen molar-refractivity contribution in [2.45, 2.75) is 12.8 Å². The molecule has 6 nitrogen and oxygen atoms in total. The lowest BCUT2D eigenvalue weighted by Gasteiger charge is -2.27. The number of carbonyl (C=O) groups excluding carboxylic acids is 1. The predicted octanol–water partition coefficient (Wildman–Crippen LogP) is 0.866. The number of pyridine rings is 1. The van der Waals surface area contributed by atoms with E-state index >= 15 is 0 Å². The SMILES string of the molecule is CN(CC1CCCOC1)C(=O)c1cccc(NN)n1. The van der Waals surface area contributed by atoms with Gasteiger partial charge in [0.2, 0.25) is 0 Å². The van der Waals surface area contributed by atoms with Crippen molar-refractivity contribution in [2.24, 2.45) is 11.8 Å². The fourth-order valence-corrected chi connectivity index (χ4v) is 2.25. The molecule has 0 bridgehead atoms. The van der Waals surface area contributed by atoms with Gasteiger partial charge in [0.1, 0.15) is 11.5 Å². The van der Waals surface area contributed by atoms with Gasteiger partial charge in [-0.15, -0.1) is 0 Å². The van der Waals surface area contributed by atoms with Crippen molar-refractivity contribution in [3.8, 4) is 0 Å². The molecule has 1 aliphatic heterocycles. The largest absolute Gasteiger partial charge is 0.381 e. The molecule has 2 rings (SSSR count). The minimum atomic E-state index is -0.0947. The Kier molecular flexibility index (Phi) is 4.70. The van der Waals surface area contributed by atoms with Gasteiger partial charge in [0.25, 0.3) is 5.91 Å². The molecule has 0 spiro atoms. The van der Waals surface area contributed by atoms with Gasteiger partial charge in [0.15, 0.2) is 0 Å². The first-order chi connectivity index (χ1) is 9.20. The third-order valence-corrected chi connectivity index (χ3v) is 3.25. The van der Waals surface area contributed by atoms with E-state index in [1.54, 1.807) is 30.1 Å². The van der Waals surface area contributed by atoms with Crippen LogP contribution in [0.1, 0.15) is 23.3 Å². The summed E-state index contributed by atoms with van der Waals surface area (Å²) in [5.74, 6) is 6.10. The third kappa shape index (κ3) is 3.65. The van der Waals surface area contributed by atoms with E-state index in [9.17, 15) is 4.79 Å². The first kappa shape index (κ1) is 13.8. The highest BCUT2D eigenvalue weighted by molar-refractivity contribution is 5.92. The van der Waals surface area contributed by atoms with E-state index in [-0.39, 0.29) is 5.91 Å². The molecule has 3 N–H and O–H groups in total. The number of carbonyl (C=O) groups is 1. The van der Waals surface area contributed by atoms with Gasteiger partial charge in [-0.2, -0.15) is 0 Å². The van der Waals surface area contributed by atoms with Gasteiger partial charge in [-0.3, -0.25) is 4.79 Å². The summed E-state index contributed by atoms with van der Waals surface area (Å²) in [6.07, 6.45) is 2.17. The number of rotatable bonds is 4. The number of hydrogen-bond acceptors (Lipinski definition) is 5. The Morgan fingerprint density at radius 3 is 3.16 bits per heavy atom. The highest BCUT2D eigenvalue weighted by Gasteiger charge is 2.20. The standard InChI is InChI=1S/C13H20N4O2/c1-17(8-10-4-3-7-19-9-10)13(18)11-5-2-6-12(15-11)16-14/h2,5-6,10H,3-4,7-9,14H2,1H3,(H,15,16). The van der Waals surface area contributed by atoms with Gasteiger partial charge in [-0.05, 0) is 30.9 Å². The lowest BCUT2D eigenvalue weighted by atomic mass is 10.0. The zero-order chi connectivity index (χ0) is 13.7. The molecule has 1 fully saturated rings. The molecule has 6 heteroatoms. The molecule has 2 heterocycles. The minimum Gasteiger partial charge on any atom is -0.381 e. The number of hydrogen-bond donors (Lipinski definition) is 2. The van der Waals surface area contributed by atoms with Gasteiger partial charge >= 0.3 is 0 Å². The van der Waals surface area contributed by atoms with E-state index < -0.39 is 0 Å². The number of nitrogens with one attached hydrogen (secondary N) is 1. The second-order valence-corrected chi connectivity index (χ2v) is 4.82.